The lowest BCUT2D eigenvalue weighted by Gasteiger charge is -2.13. The van der Waals surface area contributed by atoms with Crippen LogP contribution in [-0.4, -0.2) is 24.6 Å². The highest BCUT2D eigenvalue weighted by Crippen LogP contribution is 2.08. The molecule has 0 saturated carbocycles. The Bertz CT molecular complexity index is 245. The van der Waals surface area contributed by atoms with Crippen LogP contribution in [0.25, 0.3) is 0 Å². The minimum Gasteiger partial charge on any atom is -0.463 e. The minimum absolute atomic E-state index is 0.145. The van der Waals surface area contributed by atoms with E-state index in [1.807, 2.05) is 6.92 Å². The molecular formula is C12H20O4. The number of carbonyl (C=O) groups excluding carboxylic acids is 2. The van der Waals surface area contributed by atoms with Crippen LogP contribution in [0, 0.1) is 0 Å². The molecule has 0 aliphatic carbocycles. The van der Waals surface area contributed by atoms with Crippen LogP contribution >= 0.6 is 0 Å². The molecule has 0 aromatic rings. The van der Waals surface area contributed by atoms with Crippen molar-refractivity contribution < 1.29 is 19.1 Å². The summed E-state index contributed by atoms with van der Waals surface area (Å²) < 4.78 is 9.82. The van der Waals surface area contributed by atoms with Crippen molar-refractivity contribution >= 4 is 11.9 Å². The predicted octanol–water partition coefficient (Wildman–Crippen LogP) is 2.23. The molecule has 0 aliphatic heterocycles. The highest BCUT2D eigenvalue weighted by molar-refractivity contribution is 5.81. The number of rotatable bonds is 7. The van der Waals surface area contributed by atoms with Gasteiger partial charge in [0.2, 0.25) is 0 Å². The van der Waals surface area contributed by atoms with Gasteiger partial charge in [0.1, 0.15) is 6.10 Å². The number of esters is 2. The Labute approximate surface area is 96.6 Å². The fraction of sp³-hybridized carbons (Fsp3) is 0.667. The van der Waals surface area contributed by atoms with Gasteiger partial charge in [0, 0.05) is 19.4 Å². The molecule has 0 amide bonds. The zero-order chi connectivity index (χ0) is 12.4. The first-order chi connectivity index (χ1) is 7.60. The number of carbonyl (C=O) groups is 2. The van der Waals surface area contributed by atoms with Crippen molar-refractivity contribution in [2.75, 3.05) is 6.61 Å². The van der Waals surface area contributed by atoms with Gasteiger partial charge in [0.05, 0.1) is 6.61 Å². The van der Waals surface area contributed by atoms with Gasteiger partial charge in [-0.05, 0) is 13.3 Å². The summed E-state index contributed by atoms with van der Waals surface area (Å²) in [5.74, 6) is -0.649. The first-order valence-electron chi connectivity index (χ1n) is 5.60. The van der Waals surface area contributed by atoms with Crippen LogP contribution < -0.4 is 0 Å². The molecule has 0 unspecified atom stereocenters. The molecule has 0 bridgehead atoms. The van der Waals surface area contributed by atoms with Gasteiger partial charge in [0.25, 0.3) is 0 Å². The Hall–Kier alpha value is -1.32. The molecule has 0 N–H and O–H groups in total. The molecule has 0 radical (unpaired) electrons. The van der Waals surface area contributed by atoms with Gasteiger partial charge in [-0.3, -0.25) is 4.79 Å². The summed E-state index contributed by atoms with van der Waals surface area (Å²) in [6.45, 7) is 5.53. The molecule has 0 spiro atoms. The van der Waals surface area contributed by atoms with Gasteiger partial charge < -0.3 is 9.47 Å². The van der Waals surface area contributed by atoms with Crippen molar-refractivity contribution in [3.63, 3.8) is 0 Å². The normalized spacial score (nSPS) is 12.4. The molecule has 0 aromatic carbocycles. The van der Waals surface area contributed by atoms with Crippen molar-refractivity contribution in [1.29, 1.82) is 0 Å². The van der Waals surface area contributed by atoms with E-state index in [1.54, 1.807) is 13.0 Å². The second-order valence-electron chi connectivity index (χ2n) is 3.41. The first kappa shape index (κ1) is 14.7. The number of hydrogen-bond acceptors (Lipinski definition) is 4. The van der Waals surface area contributed by atoms with Gasteiger partial charge in [0.15, 0.2) is 0 Å². The standard InChI is InChI=1S/C12H20O4/c1-4-7-11(16-10(3)13)8-6-9-12(14)15-5-2/h6,9,11H,4-5,7-8H2,1-3H3/b9-6+/t11-/m1/s1. The van der Waals surface area contributed by atoms with Crippen LogP contribution in [0.1, 0.15) is 40.0 Å². The predicted molar refractivity (Wildman–Crippen MR) is 60.9 cm³/mol. The maximum Gasteiger partial charge on any atom is 0.330 e. The molecule has 0 aromatic heterocycles. The van der Waals surface area contributed by atoms with E-state index in [9.17, 15) is 9.59 Å². The Morgan fingerprint density at radius 3 is 2.50 bits per heavy atom. The van der Waals surface area contributed by atoms with Crippen molar-refractivity contribution in [3.8, 4) is 0 Å². The molecule has 4 heteroatoms. The van der Waals surface area contributed by atoms with Crippen LogP contribution in [0.3, 0.4) is 0 Å². The van der Waals surface area contributed by atoms with E-state index in [2.05, 4.69) is 0 Å². The molecule has 0 fully saturated rings. The second-order valence-corrected chi connectivity index (χ2v) is 3.41. The molecule has 92 valence electrons. The summed E-state index contributed by atoms with van der Waals surface area (Å²) in [5.41, 5.74) is 0. The Balaban J connectivity index is 3.99. The highest BCUT2D eigenvalue weighted by atomic mass is 16.5. The van der Waals surface area contributed by atoms with Gasteiger partial charge in [-0.2, -0.15) is 0 Å². The van der Waals surface area contributed by atoms with Crippen LogP contribution in [0.5, 0.6) is 0 Å². The van der Waals surface area contributed by atoms with Crippen LogP contribution in [0.4, 0.5) is 0 Å². The summed E-state index contributed by atoms with van der Waals surface area (Å²) in [6, 6.07) is 0. The van der Waals surface area contributed by atoms with E-state index >= 15 is 0 Å². The van der Waals surface area contributed by atoms with E-state index in [1.165, 1.54) is 13.0 Å². The van der Waals surface area contributed by atoms with Crippen LogP contribution in [0.15, 0.2) is 12.2 Å². The summed E-state index contributed by atoms with van der Waals surface area (Å²) in [6.07, 6.45) is 5.19. The van der Waals surface area contributed by atoms with Gasteiger partial charge in [-0.25, -0.2) is 4.79 Å². The third kappa shape index (κ3) is 8.03. The maximum absolute atomic E-state index is 11.0. The van der Waals surface area contributed by atoms with Crippen LogP contribution in [0.2, 0.25) is 0 Å². The van der Waals surface area contributed by atoms with E-state index in [0.29, 0.717) is 13.0 Å². The summed E-state index contributed by atoms with van der Waals surface area (Å²) >= 11 is 0. The van der Waals surface area contributed by atoms with Gasteiger partial charge in [-0.15, -0.1) is 0 Å². The fourth-order valence-electron chi connectivity index (χ4n) is 1.29. The molecule has 0 saturated heterocycles. The lowest BCUT2D eigenvalue weighted by atomic mass is 10.1. The van der Waals surface area contributed by atoms with Crippen molar-refractivity contribution in [2.24, 2.45) is 0 Å². The lowest BCUT2D eigenvalue weighted by Crippen LogP contribution is -2.15. The third-order valence-corrected chi connectivity index (χ3v) is 1.88. The Morgan fingerprint density at radius 1 is 1.31 bits per heavy atom. The van der Waals surface area contributed by atoms with E-state index in [4.69, 9.17) is 9.47 Å². The van der Waals surface area contributed by atoms with E-state index in [0.717, 1.165) is 12.8 Å². The number of ether oxygens (including phenoxy) is 2. The quantitative estimate of drug-likeness (QED) is 0.495. The minimum atomic E-state index is -0.361. The monoisotopic (exact) mass is 228 g/mol. The average molecular weight is 228 g/mol. The number of hydrogen-bond donors (Lipinski definition) is 0. The molecule has 0 rings (SSSR count). The summed E-state index contributed by atoms with van der Waals surface area (Å²) in [4.78, 5) is 21.8. The zero-order valence-electron chi connectivity index (χ0n) is 10.2. The smallest absolute Gasteiger partial charge is 0.330 e. The van der Waals surface area contributed by atoms with Crippen molar-refractivity contribution in [1.82, 2.24) is 0 Å². The van der Waals surface area contributed by atoms with E-state index < -0.39 is 0 Å². The van der Waals surface area contributed by atoms with Crippen molar-refractivity contribution in [3.05, 3.63) is 12.2 Å². The molecule has 0 heterocycles. The molecule has 0 aliphatic rings. The highest BCUT2D eigenvalue weighted by Gasteiger charge is 2.08. The van der Waals surface area contributed by atoms with Gasteiger partial charge >= 0.3 is 11.9 Å². The molecule has 4 nitrogen and oxygen atoms in total. The lowest BCUT2D eigenvalue weighted by molar-refractivity contribution is -0.146. The van der Waals surface area contributed by atoms with Crippen LogP contribution in [-0.2, 0) is 19.1 Å². The topological polar surface area (TPSA) is 52.6 Å². The van der Waals surface area contributed by atoms with Gasteiger partial charge in [-0.1, -0.05) is 19.4 Å². The maximum atomic E-state index is 11.0. The average Bonchev–Trinajstić information content (AvgIpc) is 2.17. The Kier molecular flexibility index (Phi) is 8.21. The molecule has 16 heavy (non-hydrogen) atoms. The zero-order valence-corrected chi connectivity index (χ0v) is 10.2. The largest absolute Gasteiger partial charge is 0.463 e. The second kappa shape index (κ2) is 8.95. The third-order valence-electron chi connectivity index (χ3n) is 1.88. The Morgan fingerprint density at radius 2 is 2.00 bits per heavy atom. The summed E-state index contributed by atoms with van der Waals surface area (Å²) in [7, 11) is 0. The van der Waals surface area contributed by atoms with Crippen molar-refractivity contribution in [2.45, 2.75) is 46.1 Å². The first-order valence-corrected chi connectivity index (χ1v) is 5.60. The van der Waals surface area contributed by atoms with E-state index in [-0.39, 0.29) is 18.0 Å². The molecule has 1 atom stereocenters. The molecular weight excluding hydrogens is 208 g/mol. The SMILES string of the molecule is CCC[C@H](C/C=C/C(=O)OCC)OC(C)=O. The fourth-order valence-corrected chi connectivity index (χ4v) is 1.29. The summed E-state index contributed by atoms with van der Waals surface area (Å²) in [5, 5.41) is 0.